The molecule has 17 heteroatoms. The molecule has 0 aliphatic carbocycles. The number of hydrogen-bond acceptors (Lipinski definition) is 10. The molecule has 0 unspecified atom stereocenters. The van der Waals surface area contributed by atoms with Crippen LogP contribution in [0, 0.1) is 11.6 Å². The zero-order valence-corrected chi connectivity index (χ0v) is 31.9. The standard InChI is InChI=1S/C41H39F3N8O6/c1-41(2,3)58-40(55)50-19-16-31(30(44)23-50)48-36-34-33(15-17-46-37(34)52(49-36)22-24-5-12-28(56-4)13-6-24)57-32-14-9-26(21-29(32)43)47-38(53)35-39(54)51(20-18-45-35)27-10-7-25(42)8-11-27/h5-15,17-18,20-21,30-31H,16,19,22-23H2,1-4H3,(H,47,53)(H,48,49)/t30-,31+/m1/s1. The van der Waals surface area contributed by atoms with Crippen LogP contribution in [0.25, 0.3) is 16.7 Å². The van der Waals surface area contributed by atoms with Crippen LogP contribution in [-0.4, -0.2) is 79.2 Å². The highest BCUT2D eigenvalue weighted by atomic mass is 19.1. The van der Waals surface area contributed by atoms with E-state index in [0.29, 0.717) is 22.5 Å². The Bertz CT molecular complexity index is 2520. The van der Waals surface area contributed by atoms with Gasteiger partial charge in [-0.05, 0) is 81.3 Å². The number of nitrogens with zero attached hydrogens (tertiary/aromatic N) is 6. The number of ether oxygens (including phenoxy) is 3. The van der Waals surface area contributed by atoms with Crippen LogP contribution >= 0.6 is 0 Å². The molecular weight excluding hydrogens is 757 g/mol. The van der Waals surface area contributed by atoms with Crippen molar-refractivity contribution in [3.05, 3.63) is 125 Å². The van der Waals surface area contributed by atoms with Gasteiger partial charge in [0.1, 0.15) is 34.5 Å². The summed E-state index contributed by atoms with van der Waals surface area (Å²) in [5.74, 6) is -1.40. The first-order valence-corrected chi connectivity index (χ1v) is 18.3. The Morgan fingerprint density at radius 3 is 2.40 bits per heavy atom. The number of pyridine rings is 1. The van der Waals surface area contributed by atoms with Crippen molar-refractivity contribution in [1.29, 1.82) is 0 Å². The molecule has 2 atom stereocenters. The molecule has 2 amide bonds. The van der Waals surface area contributed by atoms with Crippen molar-refractivity contribution in [1.82, 2.24) is 29.2 Å². The maximum atomic E-state index is 15.8. The van der Waals surface area contributed by atoms with E-state index in [1.807, 2.05) is 24.3 Å². The Labute approximate surface area is 330 Å². The second kappa shape index (κ2) is 16.3. The Morgan fingerprint density at radius 1 is 0.948 bits per heavy atom. The van der Waals surface area contributed by atoms with Gasteiger partial charge in [-0.25, -0.2) is 32.6 Å². The van der Waals surface area contributed by atoms with E-state index in [-0.39, 0.29) is 49.1 Å². The van der Waals surface area contributed by atoms with Gasteiger partial charge in [0.15, 0.2) is 28.7 Å². The normalized spacial score (nSPS) is 15.5. The molecule has 14 nitrogen and oxygen atoms in total. The number of likely N-dealkylation sites (tertiary alicyclic amines) is 1. The van der Waals surface area contributed by atoms with Crippen LogP contribution in [0.3, 0.4) is 0 Å². The van der Waals surface area contributed by atoms with Crippen molar-refractivity contribution in [2.75, 3.05) is 30.8 Å². The minimum absolute atomic E-state index is 0.00879. The van der Waals surface area contributed by atoms with Gasteiger partial charge in [0.05, 0.1) is 26.2 Å². The molecule has 1 saturated heterocycles. The quantitative estimate of drug-likeness (QED) is 0.147. The average molecular weight is 797 g/mol. The first-order valence-electron chi connectivity index (χ1n) is 18.3. The molecule has 58 heavy (non-hydrogen) atoms. The van der Waals surface area contributed by atoms with Crippen LogP contribution in [0.2, 0.25) is 0 Å². The fourth-order valence-electron chi connectivity index (χ4n) is 6.35. The molecule has 0 saturated carbocycles. The molecule has 0 bridgehead atoms. The van der Waals surface area contributed by atoms with Crippen molar-refractivity contribution >= 4 is 34.5 Å². The van der Waals surface area contributed by atoms with Crippen molar-refractivity contribution in [3.63, 3.8) is 0 Å². The molecule has 1 aliphatic heterocycles. The lowest BCUT2D eigenvalue weighted by Gasteiger charge is -2.36. The SMILES string of the molecule is COc1ccc(Cn2nc(N[C@H]3CCN(C(=O)OC(C)(C)C)C[C@H]3F)c3c(Oc4ccc(NC(=O)c5nccn(-c6ccc(F)cc6)c5=O)cc4F)ccnc32)cc1. The molecule has 300 valence electrons. The van der Waals surface area contributed by atoms with E-state index in [4.69, 9.17) is 19.3 Å². The molecule has 1 fully saturated rings. The summed E-state index contributed by atoms with van der Waals surface area (Å²) < 4.78 is 64.5. The second-order valence-corrected chi connectivity index (χ2v) is 14.5. The third-order valence-corrected chi connectivity index (χ3v) is 9.17. The van der Waals surface area contributed by atoms with Crippen molar-refractivity contribution in [3.8, 4) is 22.9 Å². The topological polar surface area (TPSA) is 155 Å². The summed E-state index contributed by atoms with van der Waals surface area (Å²) in [6.45, 7) is 5.53. The van der Waals surface area contributed by atoms with Crippen LogP contribution in [0.15, 0.2) is 96.2 Å². The van der Waals surface area contributed by atoms with Gasteiger partial charge in [-0.3, -0.25) is 14.2 Å². The number of methoxy groups -OCH3 is 1. The van der Waals surface area contributed by atoms with E-state index >= 15 is 8.78 Å². The first-order chi connectivity index (χ1) is 27.8. The maximum absolute atomic E-state index is 15.8. The highest BCUT2D eigenvalue weighted by Gasteiger charge is 2.35. The molecule has 3 aromatic heterocycles. The van der Waals surface area contributed by atoms with E-state index in [9.17, 15) is 18.8 Å². The number of rotatable bonds is 10. The van der Waals surface area contributed by atoms with Gasteiger partial charge >= 0.3 is 6.09 Å². The molecular formula is C41H39F3N8O6. The number of carbonyl (C=O) groups is 2. The minimum Gasteiger partial charge on any atom is -0.497 e. The van der Waals surface area contributed by atoms with Gasteiger partial charge in [-0.15, -0.1) is 0 Å². The molecule has 0 radical (unpaired) electrons. The van der Waals surface area contributed by atoms with Gasteiger partial charge in [0.25, 0.3) is 11.5 Å². The molecule has 4 heterocycles. The number of benzene rings is 3. The van der Waals surface area contributed by atoms with Crippen molar-refractivity contribution in [2.45, 2.75) is 51.6 Å². The molecule has 2 N–H and O–H groups in total. The van der Waals surface area contributed by atoms with Gasteiger partial charge in [-0.2, -0.15) is 5.10 Å². The Balaban J connectivity index is 1.14. The van der Waals surface area contributed by atoms with Crippen LogP contribution in [0.1, 0.15) is 43.2 Å². The van der Waals surface area contributed by atoms with E-state index in [1.54, 1.807) is 32.6 Å². The van der Waals surface area contributed by atoms with Crippen LogP contribution in [0.5, 0.6) is 17.2 Å². The lowest BCUT2D eigenvalue weighted by molar-refractivity contribution is 0.0125. The zero-order valence-electron chi connectivity index (χ0n) is 31.9. The van der Waals surface area contributed by atoms with Crippen LogP contribution in [-0.2, 0) is 11.3 Å². The summed E-state index contributed by atoms with van der Waals surface area (Å²) in [7, 11) is 1.57. The van der Waals surface area contributed by atoms with Gasteiger partial charge in [0, 0.05) is 48.6 Å². The summed E-state index contributed by atoms with van der Waals surface area (Å²) in [4.78, 5) is 48.7. The van der Waals surface area contributed by atoms with Gasteiger partial charge in [-0.1, -0.05) is 12.1 Å². The molecule has 1 aliphatic rings. The van der Waals surface area contributed by atoms with Gasteiger partial charge in [0.2, 0.25) is 0 Å². The summed E-state index contributed by atoms with van der Waals surface area (Å²) in [6.07, 6.45) is 2.21. The molecule has 3 aromatic carbocycles. The Kier molecular flexibility index (Phi) is 11.0. The summed E-state index contributed by atoms with van der Waals surface area (Å²) in [5, 5.41) is 10.8. The fourth-order valence-corrected chi connectivity index (χ4v) is 6.35. The number of hydrogen-bond donors (Lipinski definition) is 2. The number of carbonyl (C=O) groups excluding carboxylic acids is 2. The Morgan fingerprint density at radius 2 is 1.71 bits per heavy atom. The van der Waals surface area contributed by atoms with E-state index in [1.165, 1.54) is 66.0 Å². The lowest BCUT2D eigenvalue weighted by atomic mass is 10.0. The van der Waals surface area contributed by atoms with E-state index < -0.39 is 52.7 Å². The number of aromatic nitrogens is 5. The number of piperidine rings is 1. The highest BCUT2D eigenvalue weighted by molar-refractivity contribution is 6.02. The lowest BCUT2D eigenvalue weighted by Crippen LogP contribution is -2.51. The fraction of sp³-hybridized carbons (Fsp3) is 0.268. The average Bonchev–Trinajstić information content (AvgIpc) is 3.53. The predicted octanol–water partition coefficient (Wildman–Crippen LogP) is 7.12. The van der Waals surface area contributed by atoms with Gasteiger partial charge < -0.3 is 29.7 Å². The summed E-state index contributed by atoms with van der Waals surface area (Å²) in [6, 6.07) is 16.9. The first kappa shape index (κ1) is 39.3. The van der Waals surface area contributed by atoms with Crippen molar-refractivity contribution < 1.29 is 37.0 Å². The highest BCUT2D eigenvalue weighted by Crippen LogP contribution is 2.37. The van der Waals surface area contributed by atoms with Crippen molar-refractivity contribution in [2.24, 2.45) is 0 Å². The van der Waals surface area contributed by atoms with E-state index in [2.05, 4.69) is 20.6 Å². The van der Waals surface area contributed by atoms with Crippen LogP contribution < -0.4 is 25.7 Å². The number of anilines is 2. The largest absolute Gasteiger partial charge is 0.497 e. The molecule has 6 aromatic rings. The Hall–Kier alpha value is -6.91. The molecule has 7 rings (SSSR count). The number of nitrogens with one attached hydrogen (secondary N) is 2. The summed E-state index contributed by atoms with van der Waals surface area (Å²) >= 11 is 0. The van der Waals surface area contributed by atoms with E-state index in [0.717, 1.165) is 16.2 Å². The zero-order chi connectivity index (χ0) is 41.1. The minimum atomic E-state index is -1.49. The smallest absolute Gasteiger partial charge is 0.410 e. The summed E-state index contributed by atoms with van der Waals surface area (Å²) in [5.41, 5.74) is -0.412. The number of halogens is 3. The third kappa shape index (κ3) is 8.72. The van der Waals surface area contributed by atoms with Crippen LogP contribution in [0.4, 0.5) is 29.5 Å². The monoisotopic (exact) mass is 796 g/mol. The number of amides is 2. The number of alkyl halides is 1. The number of fused-ring (bicyclic) bond motifs is 1. The maximum Gasteiger partial charge on any atom is 0.410 e. The molecule has 0 spiro atoms. The predicted molar refractivity (Wildman–Crippen MR) is 209 cm³/mol. The third-order valence-electron chi connectivity index (χ3n) is 9.17. The second-order valence-electron chi connectivity index (χ2n) is 14.5.